The van der Waals surface area contributed by atoms with Crippen LogP contribution in [0.5, 0.6) is 0 Å². The summed E-state index contributed by atoms with van der Waals surface area (Å²) < 4.78 is 12.4. The zero-order valence-electron chi connectivity index (χ0n) is 28.8. The number of hydrogen-bond acceptors (Lipinski definition) is 4. The SMILES string of the molecule is Cc1ccc(-c2ccc3c(c2)oc2c(-c4cc(Cc5ccccc5)ccn4)[c-]ccc23)cc1.[Ir].[c-]1ccc2c(oc3ccccc32)c1-c1ccccn1. The summed E-state index contributed by atoms with van der Waals surface area (Å²) in [5.41, 5.74) is 13.1. The van der Waals surface area contributed by atoms with Crippen molar-refractivity contribution in [2.24, 2.45) is 0 Å². The minimum Gasteiger partial charge on any atom is -0.501 e. The molecule has 4 heterocycles. The van der Waals surface area contributed by atoms with Gasteiger partial charge in [0.1, 0.15) is 11.2 Å². The third-order valence-electron chi connectivity index (χ3n) is 9.41. The maximum atomic E-state index is 6.41. The summed E-state index contributed by atoms with van der Waals surface area (Å²) >= 11 is 0. The molecule has 0 aliphatic rings. The van der Waals surface area contributed by atoms with Crippen LogP contribution < -0.4 is 0 Å². The molecule has 0 spiro atoms. The van der Waals surface area contributed by atoms with Gasteiger partial charge >= 0.3 is 0 Å². The van der Waals surface area contributed by atoms with E-state index in [0.29, 0.717) is 0 Å². The summed E-state index contributed by atoms with van der Waals surface area (Å²) in [6, 6.07) is 58.2. The number of rotatable bonds is 5. The molecule has 5 heteroatoms. The fraction of sp³-hybridized carbons (Fsp3) is 0.0417. The number of benzene rings is 6. The summed E-state index contributed by atoms with van der Waals surface area (Å²) in [5, 5.41) is 4.43. The van der Waals surface area contributed by atoms with Crippen LogP contribution in [0, 0.1) is 19.1 Å². The minimum atomic E-state index is 0. The summed E-state index contributed by atoms with van der Waals surface area (Å²) in [5.74, 6) is 0. The first-order valence-electron chi connectivity index (χ1n) is 17.3. The van der Waals surface area contributed by atoms with Crippen LogP contribution >= 0.6 is 0 Å². The molecular weight excluding hydrogens is 829 g/mol. The molecule has 0 unspecified atom stereocenters. The Kier molecular flexibility index (Phi) is 9.52. The van der Waals surface area contributed by atoms with Crippen molar-refractivity contribution in [1.82, 2.24) is 9.97 Å². The van der Waals surface area contributed by atoms with Gasteiger partial charge in [-0.15, -0.1) is 36.4 Å². The zero-order chi connectivity index (χ0) is 34.9. The van der Waals surface area contributed by atoms with Crippen molar-refractivity contribution in [3.05, 3.63) is 193 Å². The van der Waals surface area contributed by atoms with Gasteiger partial charge in [-0.3, -0.25) is 0 Å². The van der Waals surface area contributed by atoms with Gasteiger partial charge in [-0.05, 0) is 71.3 Å². The van der Waals surface area contributed by atoms with E-state index in [0.717, 1.165) is 78.4 Å². The van der Waals surface area contributed by atoms with Crippen LogP contribution in [0.25, 0.3) is 77.5 Å². The van der Waals surface area contributed by atoms with E-state index < -0.39 is 0 Å². The van der Waals surface area contributed by atoms with Crippen LogP contribution in [-0.2, 0) is 26.5 Å². The number of fused-ring (bicyclic) bond motifs is 6. The molecule has 0 saturated heterocycles. The molecule has 0 amide bonds. The van der Waals surface area contributed by atoms with Gasteiger partial charge in [0, 0.05) is 43.3 Å². The van der Waals surface area contributed by atoms with Crippen LogP contribution in [0.2, 0.25) is 0 Å². The van der Waals surface area contributed by atoms with E-state index in [1.54, 1.807) is 6.20 Å². The van der Waals surface area contributed by atoms with Crippen molar-refractivity contribution in [1.29, 1.82) is 0 Å². The fourth-order valence-electron chi connectivity index (χ4n) is 6.80. The van der Waals surface area contributed by atoms with Crippen LogP contribution in [0.4, 0.5) is 0 Å². The van der Waals surface area contributed by atoms with Crippen molar-refractivity contribution in [2.75, 3.05) is 0 Å². The Bertz CT molecular complexity index is 2820. The molecule has 1 radical (unpaired) electrons. The Morgan fingerprint density at radius 1 is 0.491 bits per heavy atom. The third kappa shape index (κ3) is 6.81. The van der Waals surface area contributed by atoms with E-state index in [1.165, 1.54) is 22.3 Å². The molecule has 6 aromatic carbocycles. The molecule has 0 N–H and O–H groups in total. The first-order valence-corrected chi connectivity index (χ1v) is 17.3. The normalized spacial score (nSPS) is 11.0. The summed E-state index contributed by atoms with van der Waals surface area (Å²) in [6.07, 6.45) is 4.52. The number of aryl methyl sites for hydroxylation is 1. The van der Waals surface area contributed by atoms with E-state index >= 15 is 0 Å². The van der Waals surface area contributed by atoms with E-state index in [2.05, 4.69) is 120 Å². The van der Waals surface area contributed by atoms with E-state index in [-0.39, 0.29) is 20.1 Å². The number of aromatic nitrogens is 2. The summed E-state index contributed by atoms with van der Waals surface area (Å²) in [7, 11) is 0. The predicted molar refractivity (Wildman–Crippen MR) is 211 cm³/mol. The van der Waals surface area contributed by atoms with E-state index in [1.807, 2.05) is 66.9 Å². The molecule has 4 aromatic heterocycles. The largest absolute Gasteiger partial charge is 0.501 e. The number of para-hydroxylation sites is 1. The Labute approximate surface area is 321 Å². The standard InChI is InChI=1S/C31H22NO.C17H10NO.Ir/c1-21-10-12-24(13-11-21)25-14-15-26-27-8-5-9-28(31(27)33-30(26)20-25)29-19-23(16-17-32-29)18-22-6-3-2-4-7-22;1-2-10-16-12(6-1)13-7-5-8-14(17(13)19-16)15-9-3-4-11-18-15;/h2-8,10-17,19-20H,18H2,1H3;1-7,9-11H;/q2*-1;. The molecule has 257 valence electrons. The Morgan fingerprint density at radius 2 is 1.13 bits per heavy atom. The molecule has 0 aliphatic carbocycles. The van der Waals surface area contributed by atoms with Gasteiger partial charge in [0.2, 0.25) is 0 Å². The van der Waals surface area contributed by atoms with Crippen LogP contribution in [0.3, 0.4) is 0 Å². The Balaban J connectivity index is 0.000000170. The molecular formula is C48H32IrN2O2-2. The van der Waals surface area contributed by atoms with Crippen LogP contribution in [0.1, 0.15) is 16.7 Å². The van der Waals surface area contributed by atoms with Crippen molar-refractivity contribution in [3.63, 3.8) is 0 Å². The van der Waals surface area contributed by atoms with Gasteiger partial charge in [-0.25, -0.2) is 0 Å². The quantitative estimate of drug-likeness (QED) is 0.162. The van der Waals surface area contributed by atoms with Crippen molar-refractivity contribution in [2.45, 2.75) is 13.3 Å². The second kappa shape index (κ2) is 14.8. The van der Waals surface area contributed by atoms with Crippen LogP contribution in [-0.4, -0.2) is 9.97 Å². The fourth-order valence-corrected chi connectivity index (χ4v) is 6.80. The Morgan fingerprint density at radius 3 is 1.89 bits per heavy atom. The van der Waals surface area contributed by atoms with Gasteiger partial charge in [0.05, 0.1) is 11.2 Å². The van der Waals surface area contributed by atoms with Gasteiger partial charge in [0.25, 0.3) is 0 Å². The first kappa shape index (κ1) is 34.0. The van der Waals surface area contributed by atoms with Gasteiger partial charge < -0.3 is 18.8 Å². The first-order chi connectivity index (χ1) is 25.7. The van der Waals surface area contributed by atoms with E-state index in [9.17, 15) is 0 Å². The number of pyridine rings is 2. The number of nitrogens with zero attached hydrogens (tertiary/aromatic N) is 2. The molecule has 10 aromatic rings. The molecule has 0 aliphatic heterocycles. The van der Waals surface area contributed by atoms with Gasteiger partial charge in [-0.2, -0.15) is 0 Å². The molecule has 0 bridgehead atoms. The third-order valence-corrected chi connectivity index (χ3v) is 9.41. The number of furan rings is 2. The maximum Gasteiger partial charge on any atom is 0.121 e. The predicted octanol–water partition coefficient (Wildman–Crippen LogP) is 12.5. The second-order valence-electron chi connectivity index (χ2n) is 12.9. The molecule has 10 rings (SSSR count). The molecule has 0 saturated carbocycles. The van der Waals surface area contributed by atoms with Gasteiger partial charge in [0.15, 0.2) is 0 Å². The van der Waals surface area contributed by atoms with Crippen molar-refractivity contribution < 1.29 is 28.9 Å². The molecule has 4 nitrogen and oxygen atoms in total. The molecule has 0 atom stereocenters. The average molecular weight is 861 g/mol. The smallest absolute Gasteiger partial charge is 0.121 e. The second-order valence-corrected chi connectivity index (χ2v) is 12.9. The monoisotopic (exact) mass is 861 g/mol. The van der Waals surface area contributed by atoms with Crippen molar-refractivity contribution in [3.8, 4) is 33.6 Å². The summed E-state index contributed by atoms with van der Waals surface area (Å²) in [6.45, 7) is 2.10. The average Bonchev–Trinajstić information content (AvgIpc) is 3.78. The zero-order valence-corrected chi connectivity index (χ0v) is 31.2. The van der Waals surface area contributed by atoms with Crippen LogP contribution in [0.15, 0.2) is 173 Å². The van der Waals surface area contributed by atoms with E-state index in [4.69, 9.17) is 8.83 Å². The van der Waals surface area contributed by atoms with Gasteiger partial charge in [-0.1, -0.05) is 131 Å². The molecule has 53 heavy (non-hydrogen) atoms. The maximum absolute atomic E-state index is 6.41. The number of hydrogen-bond donors (Lipinski definition) is 0. The Hall–Kier alpha value is -6.13. The van der Waals surface area contributed by atoms with Crippen molar-refractivity contribution >= 4 is 43.9 Å². The minimum absolute atomic E-state index is 0. The topological polar surface area (TPSA) is 52.1 Å². The molecule has 0 fully saturated rings. The summed E-state index contributed by atoms with van der Waals surface area (Å²) in [4.78, 5) is 9.03.